The molecule has 112 valence electrons. The van der Waals surface area contributed by atoms with Crippen LogP contribution in [0.2, 0.25) is 0 Å². The van der Waals surface area contributed by atoms with Crippen molar-refractivity contribution in [1.82, 2.24) is 14.5 Å². The van der Waals surface area contributed by atoms with E-state index in [1.807, 2.05) is 26.0 Å². The van der Waals surface area contributed by atoms with Crippen molar-refractivity contribution in [3.05, 3.63) is 70.3 Å². The molecule has 0 fully saturated rings. The van der Waals surface area contributed by atoms with Gasteiger partial charge in [-0.1, -0.05) is 19.1 Å². The van der Waals surface area contributed by atoms with E-state index in [0.717, 1.165) is 11.3 Å². The number of halogens is 1. The van der Waals surface area contributed by atoms with Crippen molar-refractivity contribution in [2.24, 2.45) is 0 Å². The molecular formula is C17H16FN3O. The first-order chi connectivity index (χ1) is 10.6. The Bertz CT molecular complexity index is 871. The third-order valence-electron chi connectivity index (χ3n) is 3.76. The highest BCUT2D eigenvalue weighted by Crippen LogP contribution is 2.20. The third kappa shape index (κ3) is 2.39. The smallest absolute Gasteiger partial charge is 0.261 e. The summed E-state index contributed by atoms with van der Waals surface area (Å²) in [5.41, 5.74) is 1.71. The van der Waals surface area contributed by atoms with Gasteiger partial charge in [0.05, 0.1) is 23.4 Å². The number of benzene rings is 1. The van der Waals surface area contributed by atoms with Crippen molar-refractivity contribution in [3.63, 3.8) is 0 Å². The Labute approximate surface area is 127 Å². The fourth-order valence-corrected chi connectivity index (χ4v) is 2.58. The largest absolute Gasteiger partial charge is 0.290 e. The molecule has 0 unspecified atom stereocenters. The molecule has 2 aromatic heterocycles. The predicted molar refractivity (Wildman–Crippen MR) is 83.4 cm³/mol. The molecule has 0 saturated heterocycles. The SMILES string of the molecule is CC[C@@H](c1ccc(C)cn1)n1cnc2c(F)cccc2c1=O. The van der Waals surface area contributed by atoms with Crippen LogP contribution >= 0.6 is 0 Å². The van der Waals surface area contributed by atoms with E-state index in [9.17, 15) is 9.18 Å². The van der Waals surface area contributed by atoms with E-state index >= 15 is 0 Å². The molecule has 0 saturated carbocycles. The average Bonchev–Trinajstić information content (AvgIpc) is 2.52. The summed E-state index contributed by atoms with van der Waals surface area (Å²) in [6.45, 7) is 3.94. The highest BCUT2D eigenvalue weighted by atomic mass is 19.1. The van der Waals surface area contributed by atoms with E-state index < -0.39 is 5.82 Å². The Kier molecular flexibility index (Phi) is 3.71. The minimum absolute atomic E-state index is 0.107. The van der Waals surface area contributed by atoms with Gasteiger partial charge in [-0.3, -0.25) is 14.3 Å². The molecule has 1 atom stereocenters. The first-order valence-corrected chi connectivity index (χ1v) is 7.19. The van der Waals surface area contributed by atoms with Gasteiger partial charge in [0.1, 0.15) is 11.3 Å². The molecule has 3 rings (SSSR count). The van der Waals surface area contributed by atoms with Crippen LogP contribution in [0.4, 0.5) is 4.39 Å². The van der Waals surface area contributed by atoms with Crippen molar-refractivity contribution in [3.8, 4) is 0 Å². The van der Waals surface area contributed by atoms with Crippen molar-refractivity contribution < 1.29 is 4.39 Å². The van der Waals surface area contributed by atoms with Crippen molar-refractivity contribution in [2.75, 3.05) is 0 Å². The maximum Gasteiger partial charge on any atom is 0.261 e. The number of hydrogen-bond acceptors (Lipinski definition) is 3. The molecule has 2 heterocycles. The summed E-state index contributed by atoms with van der Waals surface area (Å²) in [6, 6.07) is 8.08. The lowest BCUT2D eigenvalue weighted by atomic mass is 10.1. The van der Waals surface area contributed by atoms with Gasteiger partial charge in [-0.25, -0.2) is 9.37 Å². The van der Waals surface area contributed by atoms with Crippen LogP contribution in [0, 0.1) is 12.7 Å². The molecule has 0 aliphatic rings. The van der Waals surface area contributed by atoms with Crippen LogP contribution < -0.4 is 5.56 Å². The van der Waals surface area contributed by atoms with Crippen LogP contribution in [-0.4, -0.2) is 14.5 Å². The van der Waals surface area contributed by atoms with Crippen LogP contribution in [0.5, 0.6) is 0 Å². The second-order valence-electron chi connectivity index (χ2n) is 5.28. The summed E-state index contributed by atoms with van der Waals surface area (Å²) in [7, 11) is 0. The average molecular weight is 297 g/mol. The summed E-state index contributed by atoms with van der Waals surface area (Å²) in [5.74, 6) is -0.483. The Morgan fingerprint density at radius 3 is 2.73 bits per heavy atom. The number of aryl methyl sites for hydroxylation is 1. The van der Waals surface area contributed by atoms with Crippen molar-refractivity contribution >= 4 is 10.9 Å². The van der Waals surface area contributed by atoms with Crippen LogP contribution in [0.15, 0.2) is 47.7 Å². The minimum Gasteiger partial charge on any atom is -0.290 e. The fourth-order valence-electron chi connectivity index (χ4n) is 2.58. The summed E-state index contributed by atoms with van der Waals surface area (Å²) >= 11 is 0. The van der Waals surface area contributed by atoms with Crippen LogP contribution in [0.1, 0.15) is 30.6 Å². The summed E-state index contributed by atoms with van der Waals surface area (Å²) in [6.07, 6.45) is 3.87. The fraction of sp³-hybridized carbons (Fsp3) is 0.235. The molecule has 0 aliphatic carbocycles. The molecular weight excluding hydrogens is 281 g/mol. The zero-order valence-corrected chi connectivity index (χ0v) is 12.5. The van der Waals surface area contributed by atoms with E-state index in [1.54, 1.807) is 12.3 Å². The zero-order valence-electron chi connectivity index (χ0n) is 12.5. The van der Waals surface area contributed by atoms with Gasteiger partial charge in [0, 0.05) is 6.20 Å². The van der Waals surface area contributed by atoms with Gasteiger partial charge in [0.25, 0.3) is 5.56 Å². The summed E-state index contributed by atoms with van der Waals surface area (Å²) in [5, 5.41) is 0.285. The molecule has 5 heteroatoms. The van der Waals surface area contributed by atoms with Gasteiger partial charge >= 0.3 is 0 Å². The van der Waals surface area contributed by atoms with Crippen LogP contribution in [0.3, 0.4) is 0 Å². The molecule has 0 aliphatic heterocycles. The first kappa shape index (κ1) is 14.4. The van der Waals surface area contributed by atoms with Gasteiger partial charge in [-0.2, -0.15) is 0 Å². The van der Waals surface area contributed by atoms with E-state index in [4.69, 9.17) is 0 Å². The maximum atomic E-state index is 13.7. The summed E-state index contributed by atoms with van der Waals surface area (Å²) < 4.78 is 15.3. The Morgan fingerprint density at radius 2 is 2.05 bits per heavy atom. The Hall–Kier alpha value is -2.56. The van der Waals surface area contributed by atoms with Gasteiger partial charge in [0.2, 0.25) is 0 Å². The molecule has 0 bridgehead atoms. The summed E-state index contributed by atoms with van der Waals surface area (Å²) in [4.78, 5) is 21.2. The van der Waals surface area contributed by atoms with E-state index in [-0.39, 0.29) is 22.5 Å². The number of pyridine rings is 1. The zero-order chi connectivity index (χ0) is 15.7. The maximum absolute atomic E-state index is 13.7. The minimum atomic E-state index is -0.483. The monoisotopic (exact) mass is 297 g/mol. The van der Waals surface area contributed by atoms with Gasteiger partial charge in [-0.05, 0) is 37.1 Å². The first-order valence-electron chi connectivity index (χ1n) is 7.19. The second kappa shape index (κ2) is 5.67. The van der Waals surface area contributed by atoms with Gasteiger partial charge in [0.15, 0.2) is 0 Å². The van der Waals surface area contributed by atoms with Crippen LogP contribution in [-0.2, 0) is 0 Å². The lowest BCUT2D eigenvalue weighted by Gasteiger charge is -2.18. The Morgan fingerprint density at radius 1 is 1.23 bits per heavy atom. The molecule has 3 aromatic rings. The van der Waals surface area contributed by atoms with Crippen LogP contribution in [0.25, 0.3) is 10.9 Å². The molecule has 4 nitrogen and oxygen atoms in total. The predicted octanol–water partition coefficient (Wildman–Crippen LogP) is 3.24. The molecule has 0 N–H and O–H groups in total. The van der Waals surface area contributed by atoms with Gasteiger partial charge in [-0.15, -0.1) is 0 Å². The highest BCUT2D eigenvalue weighted by molar-refractivity contribution is 5.77. The number of para-hydroxylation sites is 1. The molecule has 1 aromatic carbocycles. The molecule has 0 radical (unpaired) electrons. The van der Waals surface area contributed by atoms with Gasteiger partial charge < -0.3 is 0 Å². The number of hydrogen-bond donors (Lipinski definition) is 0. The standard InChI is InChI=1S/C17H16FN3O/c1-3-15(14-8-7-11(2)9-19-14)21-10-20-16-12(17(21)22)5-4-6-13(16)18/h4-10,15H,3H2,1-2H3/t15-/m0/s1. The molecule has 0 amide bonds. The van der Waals surface area contributed by atoms with E-state index in [2.05, 4.69) is 9.97 Å². The third-order valence-corrected chi connectivity index (χ3v) is 3.76. The van der Waals surface area contributed by atoms with Crippen molar-refractivity contribution in [2.45, 2.75) is 26.3 Å². The topological polar surface area (TPSA) is 47.8 Å². The normalized spacial score (nSPS) is 12.5. The second-order valence-corrected chi connectivity index (χ2v) is 5.28. The Balaban J connectivity index is 2.17. The number of aromatic nitrogens is 3. The number of nitrogens with zero attached hydrogens (tertiary/aromatic N) is 3. The lowest BCUT2D eigenvalue weighted by Crippen LogP contribution is -2.26. The quantitative estimate of drug-likeness (QED) is 0.745. The van der Waals surface area contributed by atoms with Crippen molar-refractivity contribution in [1.29, 1.82) is 0 Å². The number of rotatable bonds is 3. The number of fused-ring (bicyclic) bond motifs is 1. The highest BCUT2D eigenvalue weighted by Gasteiger charge is 2.17. The molecule has 22 heavy (non-hydrogen) atoms. The van der Waals surface area contributed by atoms with E-state index in [0.29, 0.717) is 6.42 Å². The lowest BCUT2D eigenvalue weighted by molar-refractivity contribution is 0.529. The molecule has 0 spiro atoms. The van der Waals surface area contributed by atoms with E-state index in [1.165, 1.54) is 23.0 Å².